The van der Waals surface area contributed by atoms with Crippen LogP contribution in [-0.4, -0.2) is 24.5 Å². The Balaban J connectivity index is 1.40. The monoisotopic (exact) mass is 493 g/mol. The van der Waals surface area contributed by atoms with E-state index in [1.807, 2.05) is 30.3 Å². The number of nitrogens with zero attached hydrogens (tertiary/aromatic N) is 2. The first-order valence-corrected chi connectivity index (χ1v) is 12.2. The van der Waals surface area contributed by atoms with Crippen LogP contribution in [0.1, 0.15) is 40.7 Å². The van der Waals surface area contributed by atoms with Crippen LogP contribution >= 0.6 is 0 Å². The molecule has 0 aliphatic heterocycles. The van der Waals surface area contributed by atoms with Gasteiger partial charge >= 0.3 is 5.97 Å². The lowest BCUT2D eigenvalue weighted by molar-refractivity contribution is 0.0265. The molecule has 180 valence electrons. The summed E-state index contributed by atoms with van der Waals surface area (Å²) in [6.07, 6.45) is -0.787. The number of aromatic nitrogens is 2. The maximum absolute atomic E-state index is 12.9. The highest BCUT2D eigenvalue weighted by molar-refractivity contribution is 7.92. The van der Waals surface area contributed by atoms with E-state index in [0.29, 0.717) is 23.9 Å². The Hall–Kier alpha value is -4.18. The number of anilines is 1. The molecule has 0 amide bonds. The highest BCUT2D eigenvalue weighted by Gasteiger charge is 2.21. The summed E-state index contributed by atoms with van der Waals surface area (Å²) in [6.45, 7) is 3.63. The molecule has 35 heavy (non-hydrogen) atoms. The van der Waals surface area contributed by atoms with Gasteiger partial charge in [-0.05, 0) is 61.9 Å². The number of carbonyl (C=O) groups excluding carboxylic acids is 1. The third-order valence-electron chi connectivity index (χ3n) is 4.91. The predicted octanol–water partition coefficient (Wildman–Crippen LogP) is 4.68. The number of rotatable bonds is 9. The van der Waals surface area contributed by atoms with Crippen molar-refractivity contribution in [1.29, 1.82) is 0 Å². The van der Waals surface area contributed by atoms with E-state index in [2.05, 4.69) is 14.9 Å². The quantitative estimate of drug-likeness (QED) is 0.334. The van der Waals surface area contributed by atoms with Crippen molar-refractivity contribution in [2.24, 2.45) is 0 Å². The number of carbonyl (C=O) groups is 1. The molecule has 1 N–H and O–H groups in total. The number of hydrogen-bond donors (Lipinski definition) is 1. The Morgan fingerprint density at radius 1 is 1.03 bits per heavy atom. The highest BCUT2D eigenvalue weighted by Crippen LogP contribution is 2.22. The van der Waals surface area contributed by atoms with E-state index in [-0.39, 0.29) is 16.3 Å². The third kappa shape index (κ3) is 6.24. The molecule has 10 heteroatoms. The molecule has 0 spiro atoms. The normalized spacial score (nSPS) is 12.1. The van der Waals surface area contributed by atoms with Crippen molar-refractivity contribution >= 4 is 21.7 Å². The first-order valence-electron chi connectivity index (χ1n) is 10.7. The van der Waals surface area contributed by atoms with Crippen LogP contribution in [0.3, 0.4) is 0 Å². The Morgan fingerprint density at radius 3 is 2.46 bits per heavy atom. The average Bonchev–Trinajstić information content (AvgIpc) is 3.30. The number of esters is 1. The summed E-state index contributed by atoms with van der Waals surface area (Å²) in [4.78, 5) is 16.5. The second-order valence-electron chi connectivity index (χ2n) is 7.66. The maximum Gasteiger partial charge on any atom is 0.338 e. The zero-order chi connectivity index (χ0) is 24.8. The lowest BCUT2D eigenvalue weighted by Gasteiger charge is -2.12. The third-order valence-corrected chi connectivity index (χ3v) is 6.29. The Labute approximate surface area is 202 Å². The van der Waals surface area contributed by atoms with Gasteiger partial charge in [-0.1, -0.05) is 41.6 Å². The van der Waals surface area contributed by atoms with Gasteiger partial charge in [-0.2, -0.15) is 4.98 Å². The molecule has 0 bridgehead atoms. The van der Waals surface area contributed by atoms with E-state index in [9.17, 15) is 13.2 Å². The Kier molecular flexibility index (Phi) is 7.11. The minimum absolute atomic E-state index is 0.0700. The molecule has 1 heterocycles. The van der Waals surface area contributed by atoms with Crippen molar-refractivity contribution in [3.8, 4) is 5.75 Å². The standard InChI is InChI=1S/C25H23N3O6S/c1-17(24-26-18(2)27-34-24)33-25(29)20-9-6-10-23(15-20)35(30,31)28-21-11-13-22(14-12-21)32-16-19-7-4-3-5-8-19/h3-15,17,28H,16H2,1-2H3. The molecule has 0 radical (unpaired) electrons. The molecule has 4 aromatic rings. The first kappa shape index (κ1) is 24.0. The van der Waals surface area contributed by atoms with E-state index in [4.69, 9.17) is 14.0 Å². The summed E-state index contributed by atoms with van der Waals surface area (Å²) < 4.78 is 44.3. The lowest BCUT2D eigenvalue weighted by Crippen LogP contribution is -2.15. The van der Waals surface area contributed by atoms with E-state index in [0.717, 1.165) is 5.56 Å². The van der Waals surface area contributed by atoms with E-state index in [1.165, 1.54) is 24.3 Å². The van der Waals surface area contributed by atoms with E-state index >= 15 is 0 Å². The van der Waals surface area contributed by atoms with Crippen LogP contribution in [-0.2, 0) is 21.4 Å². The number of nitrogens with one attached hydrogen (secondary N) is 1. The largest absolute Gasteiger partial charge is 0.489 e. The van der Waals surface area contributed by atoms with Crippen LogP contribution in [0.5, 0.6) is 5.75 Å². The highest BCUT2D eigenvalue weighted by atomic mass is 32.2. The summed E-state index contributed by atoms with van der Waals surface area (Å²) in [6, 6.07) is 21.8. The van der Waals surface area contributed by atoms with E-state index < -0.39 is 22.1 Å². The molecule has 0 saturated carbocycles. The van der Waals surface area contributed by atoms with Crippen molar-refractivity contribution in [1.82, 2.24) is 10.1 Å². The number of aryl methyl sites for hydroxylation is 1. The zero-order valence-corrected chi connectivity index (χ0v) is 19.9. The predicted molar refractivity (Wildman–Crippen MR) is 127 cm³/mol. The Bertz CT molecular complexity index is 1400. The van der Waals surface area contributed by atoms with Gasteiger partial charge in [-0.25, -0.2) is 13.2 Å². The molecule has 3 aromatic carbocycles. The maximum atomic E-state index is 12.9. The van der Waals surface area contributed by atoms with Gasteiger partial charge in [0.25, 0.3) is 15.9 Å². The van der Waals surface area contributed by atoms with Crippen LogP contribution in [0.15, 0.2) is 88.3 Å². The average molecular weight is 494 g/mol. The number of benzene rings is 3. The summed E-state index contributed by atoms with van der Waals surface area (Å²) in [5.41, 5.74) is 1.45. The molecular formula is C25H23N3O6S. The van der Waals surface area contributed by atoms with Crippen LogP contribution < -0.4 is 9.46 Å². The number of sulfonamides is 1. The summed E-state index contributed by atoms with van der Waals surface area (Å²) in [7, 11) is -3.95. The number of hydrogen-bond acceptors (Lipinski definition) is 8. The zero-order valence-electron chi connectivity index (χ0n) is 19.0. The SMILES string of the molecule is Cc1noc(C(C)OC(=O)c2cccc(S(=O)(=O)Nc3ccc(OCc4ccccc4)cc3)c2)n1. The molecule has 9 nitrogen and oxygen atoms in total. The molecular weight excluding hydrogens is 470 g/mol. The molecule has 1 unspecified atom stereocenters. The molecule has 0 fully saturated rings. The smallest absolute Gasteiger partial charge is 0.338 e. The van der Waals surface area contributed by atoms with Crippen LogP contribution in [0.4, 0.5) is 5.69 Å². The molecule has 1 aromatic heterocycles. The number of ether oxygens (including phenoxy) is 2. The van der Waals surface area contributed by atoms with Gasteiger partial charge in [0.05, 0.1) is 10.5 Å². The van der Waals surface area contributed by atoms with Gasteiger partial charge in [0.1, 0.15) is 12.4 Å². The second-order valence-corrected chi connectivity index (χ2v) is 9.34. The van der Waals surface area contributed by atoms with Crippen molar-refractivity contribution in [3.05, 3.63) is 102 Å². The Morgan fingerprint density at radius 2 is 1.77 bits per heavy atom. The van der Waals surface area contributed by atoms with Crippen molar-refractivity contribution in [3.63, 3.8) is 0 Å². The topological polar surface area (TPSA) is 121 Å². The minimum Gasteiger partial charge on any atom is -0.489 e. The summed E-state index contributed by atoms with van der Waals surface area (Å²) in [5, 5.41) is 3.66. The summed E-state index contributed by atoms with van der Waals surface area (Å²) in [5.74, 6) is 0.452. The van der Waals surface area contributed by atoms with Gasteiger partial charge in [0.15, 0.2) is 11.9 Å². The van der Waals surface area contributed by atoms with Gasteiger partial charge in [-0.15, -0.1) is 0 Å². The van der Waals surface area contributed by atoms with Gasteiger partial charge in [-0.3, -0.25) is 4.72 Å². The molecule has 0 aliphatic carbocycles. The van der Waals surface area contributed by atoms with E-state index in [1.54, 1.807) is 38.1 Å². The van der Waals surface area contributed by atoms with Crippen LogP contribution in [0.25, 0.3) is 0 Å². The fourth-order valence-corrected chi connectivity index (χ4v) is 4.23. The van der Waals surface area contributed by atoms with Gasteiger partial charge in [0, 0.05) is 5.69 Å². The van der Waals surface area contributed by atoms with Gasteiger partial charge < -0.3 is 14.0 Å². The van der Waals surface area contributed by atoms with Crippen molar-refractivity contribution < 1.29 is 27.2 Å². The summed E-state index contributed by atoms with van der Waals surface area (Å²) >= 11 is 0. The lowest BCUT2D eigenvalue weighted by atomic mass is 10.2. The second kappa shape index (κ2) is 10.4. The molecule has 0 aliphatic rings. The first-order chi connectivity index (χ1) is 16.8. The molecule has 0 saturated heterocycles. The van der Waals surface area contributed by atoms with Crippen LogP contribution in [0, 0.1) is 6.92 Å². The van der Waals surface area contributed by atoms with Crippen molar-refractivity contribution in [2.75, 3.05) is 4.72 Å². The van der Waals surface area contributed by atoms with Crippen LogP contribution in [0.2, 0.25) is 0 Å². The fraction of sp³-hybridized carbons (Fsp3) is 0.160. The van der Waals surface area contributed by atoms with Gasteiger partial charge in [0.2, 0.25) is 0 Å². The van der Waals surface area contributed by atoms with Crippen molar-refractivity contribution in [2.45, 2.75) is 31.5 Å². The molecule has 1 atom stereocenters. The molecule has 4 rings (SSSR count). The minimum atomic E-state index is -3.95. The fourth-order valence-electron chi connectivity index (χ4n) is 3.12.